The van der Waals surface area contributed by atoms with Crippen LogP contribution in [0.15, 0.2) is 32.3 Å². The van der Waals surface area contributed by atoms with E-state index in [0.717, 1.165) is 0 Å². The lowest BCUT2D eigenvalue weighted by Crippen LogP contribution is -2.29. The van der Waals surface area contributed by atoms with Crippen LogP contribution in [0.4, 0.5) is 0 Å². The fourth-order valence-corrected chi connectivity index (χ4v) is 3.04. The Balaban J connectivity index is 1.88. The second-order valence-electron chi connectivity index (χ2n) is 4.31. The Labute approximate surface area is 145 Å². The molecule has 0 aliphatic carbocycles. The molecule has 9 heteroatoms. The van der Waals surface area contributed by atoms with Crippen molar-refractivity contribution in [2.75, 3.05) is 25.5 Å². The Morgan fingerprint density at radius 1 is 1.43 bits per heavy atom. The van der Waals surface area contributed by atoms with Crippen LogP contribution in [0.25, 0.3) is 0 Å². The van der Waals surface area contributed by atoms with E-state index in [1.165, 1.54) is 28.8 Å². The van der Waals surface area contributed by atoms with E-state index >= 15 is 0 Å². The van der Waals surface area contributed by atoms with Gasteiger partial charge in [-0.2, -0.15) is 0 Å². The molecule has 1 aromatic heterocycles. The van der Waals surface area contributed by atoms with E-state index in [-0.39, 0.29) is 37.2 Å². The molecule has 7 nitrogen and oxygen atoms in total. The lowest BCUT2D eigenvalue weighted by molar-refractivity contribution is -0.137. The Kier molecular flexibility index (Phi) is 6.28. The molecule has 0 aromatic carbocycles. The normalized spacial score (nSPS) is 16.0. The van der Waals surface area contributed by atoms with Crippen LogP contribution >= 0.6 is 27.7 Å². The number of nitrogens with zero attached hydrogens (tertiary/aromatic N) is 1. The van der Waals surface area contributed by atoms with Crippen molar-refractivity contribution in [2.24, 2.45) is 0 Å². The molecule has 1 aromatic rings. The van der Waals surface area contributed by atoms with Crippen molar-refractivity contribution in [3.63, 3.8) is 0 Å². The van der Waals surface area contributed by atoms with E-state index in [9.17, 15) is 14.4 Å². The number of halogens is 1. The molecule has 0 N–H and O–H groups in total. The zero-order chi connectivity index (χ0) is 16.8. The maximum atomic E-state index is 11.8. The molecule has 1 amide bonds. The van der Waals surface area contributed by atoms with Crippen molar-refractivity contribution in [1.82, 2.24) is 4.90 Å². The number of hydrogen-bond acceptors (Lipinski definition) is 7. The van der Waals surface area contributed by atoms with E-state index < -0.39 is 11.9 Å². The number of carbonyl (C=O) groups excluding carboxylic acids is 3. The summed E-state index contributed by atoms with van der Waals surface area (Å²) in [5, 5.41) is 0.491. The van der Waals surface area contributed by atoms with E-state index in [4.69, 9.17) is 13.9 Å². The summed E-state index contributed by atoms with van der Waals surface area (Å²) in [5.74, 6) is -0.966. The molecule has 23 heavy (non-hydrogen) atoms. The van der Waals surface area contributed by atoms with Gasteiger partial charge in [-0.05, 0) is 35.0 Å². The third kappa shape index (κ3) is 4.87. The minimum Gasteiger partial charge on any atom is -0.463 e. The lowest BCUT2D eigenvalue weighted by Gasteiger charge is -2.16. The van der Waals surface area contributed by atoms with Crippen molar-refractivity contribution in [3.05, 3.63) is 33.7 Å². The van der Waals surface area contributed by atoms with Gasteiger partial charge < -0.3 is 18.8 Å². The van der Waals surface area contributed by atoms with Gasteiger partial charge in [0.25, 0.3) is 0 Å². The number of thioether (sulfide) groups is 1. The van der Waals surface area contributed by atoms with Crippen molar-refractivity contribution < 1.29 is 28.3 Å². The highest BCUT2D eigenvalue weighted by molar-refractivity contribution is 9.10. The Morgan fingerprint density at radius 3 is 2.87 bits per heavy atom. The average molecular weight is 404 g/mol. The molecule has 0 spiro atoms. The number of hydrogen-bond donors (Lipinski definition) is 0. The number of ether oxygens (including phenoxy) is 2. The summed E-state index contributed by atoms with van der Waals surface area (Å²) in [7, 11) is 0. The SMILES string of the molecule is CCOC(=O)/C=C1\SCC(=O)N1CCOC(=O)c1ccc(Br)o1. The quantitative estimate of drug-likeness (QED) is 0.531. The summed E-state index contributed by atoms with van der Waals surface area (Å²) in [6, 6.07) is 3.06. The first kappa shape index (κ1) is 17.6. The van der Waals surface area contributed by atoms with Gasteiger partial charge >= 0.3 is 11.9 Å². The molecule has 1 aliphatic rings. The largest absolute Gasteiger partial charge is 0.463 e. The number of esters is 2. The number of furan rings is 1. The van der Waals surface area contributed by atoms with Gasteiger partial charge in [-0.1, -0.05) is 11.8 Å². The Bertz CT molecular complexity index is 641. The van der Waals surface area contributed by atoms with Gasteiger partial charge in [-0.3, -0.25) is 4.79 Å². The topological polar surface area (TPSA) is 86.0 Å². The molecule has 0 unspecified atom stereocenters. The second kappa shape index (κ2) is 8.21. The minimum absolute atomic E-state index is 0.0103. The third-order valence-electron chi connectivity index (χ3n) is 2.76. The molecule has 2 heterocycles. The van der Waals surface area contributed by atoms with Gasteiger partial charge in [0.2, 0.25) is 11.7 Å². The smallest absolute Gasteiger partial charge is 0.374 e. The first-order valence-electron chi connectivity index (χ1n) is 6.75. The molecule has 1 fully saturated rings. The monoisotopic (exact) mass is 403 g/mol. The van der Waals surface area contributed by atoms with Gasteiger partial charge in [0.05, 0.1) is 30.0 Å². The lowest BCUT2D eigenvalue weighted by atomic mass is 10.4. The molecular weight excluding hydrogens is 390 g/mol. The van der Waals surface area contributed by atoms with E-state index in [0.29, 0.717) is 9.70 Å². The van der Waals surface area contributed by atoms with Crippen molar-refractivity contribution >= 4 is 45.5 Å². The molecular formula is C14H14BrNO6S. The summed E-state index contributed by atoms with van der Waals surface area (Å²) in [6.07, 6.45) is 1.27. The third-order valence-corrected chi connectivity index (χ3v) is 4.21. The van der Waals surface area contributed by atoms with Crippen LogP contribution < -0.4 is 0 Å². The molecule has 0 radical (unpaired) electrons. The molecule has 2 rings (SSSR count). The van der Waals surface area contributed by atoms with Crippen molar-refractivity contribution in [3.8, 4) is 0 Å². The molecule has 0 bridgehead atoms. The van der Waals surface area contributed by atoms with Gasteiger partial charge in [0.15, 0.2) is 4.67 Å². The molecule has 124 valence electrons. The van der Waals surface area contributed by atoms with Crippen LogP contribution in [0.1, 0.15) is 17.5 Å². The van der Waals surface area contributed by atoms with Gasteiger partial charge in [-0.25, -0.2) is 9.59 Å². The predicted molar refractivity (Wildman–Crippen MR) is 85.6 cm³/mol. The molecule has 1 aliphatic heterocycles. The van der Waals surface area contributed by atoms with Gasteiger partial charge in [0.1, 0.15) is 6.61 Å². The Morgan fingerprint density at radius 2 is 2.22 bits per heavy atom. The van der Waals surface area contributed by atoms with Crippen LogP contribution in [0.5, 0.6) is 0 Å². The van der Waals surface area contributed by atoms with Crippen molar-refractivity contribution in [2.45, 2.75) is 6.92 Å². The highest BCUT2D eigenvalue weighted by Gasteiger charge is 2.27. The van der Waals surface area contributed by atoms with Crippen LogP contribution in [0.2, 0.25) is 0 Å². The standard InChI is InChI=1S/C14H14BrNO6S/c1-2-20-13(18)7-12-16(11(17)8-23-12)5-6-21-14(19)9-3-4-10(15)22-9/h3-4,7H,2,5-6,8H2,1H3/b12-7-. The zero-order valence-corrected chi connectivity index (χ0v) is 14.6. The average Bonchev–Trinajstić information content (AvgIpc) is 3.07. The van der Waals surface area contributed by atoms with Crippen LogP contribution in [0, 0.1) is 0 Å². The number of rotatable bonds is 6. The fourth-order valence-electron chi connectivity index (χ4n) is 1.78. The summed E-state index contributed by atoms with van der Waals surface area (Å²) < 4.78 is 15.4. The van der Waals surface area contributed by atoms with E-state index in [2.05, 4.69) is 15.9 Å². The first-order valence-corrected chi connectivity index (χ1v) is 8.53. The number of carbonyl (C=O) groups is 3. The van der Waals surface area contributed by atoms with E-state index in [1.807, 2.05) is 0 Å². The summed E-state index contributed by atoms with van der Waals surface area (Å²) >= 11 is 4.34. The Hall–Kier alpha value is -1.74. The molecule has 0 atom stereocenters. The zero-order valence-electron chi connectivity index (χ0n) is 12.2. The van der Waals surface area contributed by atoms with Crippen LogP contribution in [-0.4, -0.2) is 48.3 Å². The van der Waals surface area contributed by atoms with Gasteiger partial charge in [0, 0.05) is 0 Å². The van der Waals surface area contributed by atoms with Crippen molar-refractivity contribution in [1.29, 1.82) is 0 Å². The fraction of sp³-hybridized carbons (Fsp3) is 0.357. The van der Waals surface area contributed by atoms with Crippen LogP contribution in [0.3, 0.4) is 0 Å². The van der Waals surface area contributed by atoms with E-state index in [1.54, 1.807) is 13.0 Å². The summed E-state index contributed by atoms with van der Waals surface area (Å²) in [6.45, 7) is 2.11. The molecule has 1 saturated heterocycles. The highest BCUT2D eigenvalue weighted by Crippen LogP contribution is 2.28. The number of amides is 1. The maximum absolute atomic E-state index is 11.8. The predicted octanol–water partition coefficient (Wildman–Crippen LogP) is 2.18. The van der Waals surface area contributed by atoms with Gasteiger partial charge in [-0.15, -0.1) is 0 Å². The maximum Gasteiger partial charge on any atom is 0.374 e. The minimum atomic E-state index is -0.620. The summed E-state index contributed by atoms with van der Waals surface area (Å²) in [4.78, 5) is 36.4. The molecule has 0 saturated carbocycles. The second-order valence-corrected chi connectivity index (χ2v) is 6.09. The van der Waals surface area contributed by atoms with Crippen LogP contribution in [-0.2, 0) is 19.1 Å². The highest BCUT2D eigenvalue weighted by atomic mass is 79.9. The summed E-state index contributed by atoms with van der Waals surface area (Å²) in [5.41, 5.74) is 0. The first-order chi connectivity index (χ1) is 11.0.